The number of carbonyl (C=O) groups excluding carboxylic acids is 1. The van der Waals surface area contributed by atoms with Crippen LogP contribution in [0.25, 0.3) is 11.1 Å². The first-order valence-corrected chi connectivity index (χ1v) is 11.5. The van der Waals surface area contributed by atoms with E-state index in [4.69, 9.17) is 16.0 Å². The monoisotopic (exact) mass is 467 g/mol. The molecule has 3 aromatic rings. The largest absolute Gasteiger partial charge is 0.419 e. The molecule has 0 aliphatic carbocycles. The minimum Gasteiger partial charge on any atom is -0.408 e. The van der Waals surface area contributed by atoms with Crippen LogP contribution in [0.1, 0.15) is 19.3 Å². The zero-order valence-electron chi connectivity index (χ0n) is 16.3. The number of benzene rings is 2. The standard InChI is InChI=1S/C20H19ClFN3O5S/c21-13-3-5-15(22)16(11-13)23-19(26)7-10-25-17-6-4-14(12-18(17)30-20(25)27)31(28,29)24-8-1-2-9-24/h3-6,11-12H,1-2,7-10H2,(H,23,26). The van der Waals surface area contributed by atoms with E-state index in [1.165, 1.54) is 39.2 Å². The number of oxazole rings is 1. The number of nitrogens with one attached hydrogen (secondary N) is 1. The van der Waals surface area contributed by atoms with Crippen molar-refractivity contribution in [3.63, 3.8) is 0 Å². The van der Waals surface area contributed by atoms with E-state index in [0.29, 0.717) is 18.6 Å². The van der Waals surface area contributed by atoms with E-state index in [1.807, 2.05) is 0 Å². The van der Waals surface area contributed by atoms with E-state index in [0.717, 1.165) is 18.9 Å². The Kier molecular flexibility index (Phi) is 5.87. The van der Waals surface area contributed by atoms with E-state index < -0.39 is 27.5 Å². The van der Waals surface area contributed by atoms with Crippen LogP contribution in [0.3, 0.4) is 0 Å². The maximum absolute atomic E-state index is 13.8. The van der Waals surface area contributed by atoms with Gasteiger partial charge < -0.3 is 9.73 Å². The van der Waals surface area contributed by atoms with Crippen molar-refractivity contribution in [3.8, 4) is 0 Å². The van der Waals surface area contributed by atoms with Gasteiger partial charge in [0.15, 0.2) is 5.58 Å². The summed E-state index contributed by atoms with van der Waals surface area (Å²) < 4.78 is 47.0. The van der Waals surface area contributed by atoms with Crippen LogP contribution in [-0.4, -0.2) is 36.3 Å². The van der Waals surface area contributed by atoms with Gasteiger partial charge in [-0.25, -0.2) is 17.6 Å². The quantitative estimate of drug-likeness (QED) is 0.599. The highest BCUT2D eigenvalue weighted by molar-refractivity contribution is 7.89. The molecule has 4 rings (SSSR count). The number of nitrogens with zero attached hydrogens (tertiary/aromatic N) is 2. The minimum atomic E-state index is -3.65. The van der Waals surface area contributed by atoms with Crippen LogP contribution in [0.15, 0.2) is 50.5 Å². The van der Waals surface area contributed by atoms with Gasteiger partial charge >= 0.3 is 5.76 Å². The number of fused-ring (bicyclic) bond motifs is 1. The van der Waals surface area contributed by atoms with Gasteiger partial charge in [0, 0.05) is 37.1 Å². The molecule has 2 aromatic carbocycles. The van der Waals surface area contributed by atoms with Crippen molar-refractivity contribution >= 4 is 44.3 Å². The zero-order chi connectivity index (χ0) is 22.2. The van der Waals surface area contributed by atoms with Crippen LogP contribution < -0.4 is 11.1 Å². The van der Waals surface area contributed by atoms with Crippen LogP contribution in [0, 0.1) is 5.82 Å². The molecule has 0 unspecified atom stereocenters. The second-order valence-corrected chi connectivity index (χ2v) is 9.56. The highest BCUT2D eigenvalue weighted by Crippen LogP contribution is 2.24. The van der Waals surface area contributed by atoms with Gasteiger partial charge in [-0.2, -0.15) is 4.31 Å². The molecule has 1 aliphatic heterocycles. The van der Waals surface area contributed by atoms with Gasteiger partial charge in [-0.05, 0) is 43.2 Å². The molecule has 0 atom stereocenters. The summed E-state index contributed by atoms with van der Waals surface area (Å²) in [6, 6.07) is 8.02. The van der Waals surface area contributed by atoms with E-state index in [1.54, 1.807) is 0 Å². The molecule has 1 aliphatic rings. The summed E-state index contributed by atoms with van der Waals surface area (Å²) in [5.74, 6) is -1.86. The average Bonchev–Trinajstić information content (AvgIpc) is 3.37. The van der Waals surface area contributed by atoms with E-state index in [2.05, 4.69) is 5.32 Å². The first-order chi connectivity index (χ1) is 14.8. The molecule has 0 bridgehead atoms. The SMILES string of the molecule is O=C(CCn1c(=O)oc2cc(S(=O)(=O)N3CCCC3)ccc21)Nc1cc(Cl)ccc1F. The Morgan fingerprint density at radius 2 is 1.90 bits per heavy atom. The number of amides is 1. The Bertz CT molecular complexity index is 1310. The van der Waals surface area contributed by atoms with Gasteiger partial charge in [0.05, 0.1) is 16.1 Å². The molecule has 0 saturated carbocycles. The molecule has 31 heavy (non-hydrogen) atoms. The maximum Gasteiger partial charge on any atom is 0.419 e. The fourth-order valence-electron chi connectivity index (χ4n) is 3.52. The molecule has 0 spiro atoms. The lowest BCUT2D eigenvalue weighted by molar-refractivity contribution is -0.116. The summed E-state index contributed by atoms with van der Waals surface area (Å²) in [6.07, 6.45) is 1.50. The van der Waals surface area contributed by atoms with Gasteiger partial charge in [0.1, 0.15) is 5.82 Å². The zero-order valence-corrected chi connectivity index (χ0v) is 17.9. The predicted octanol–water partition coefficient (Wildman–Crippen LogP) is 3.20. The molecule has 1 saturated heterocycles. The van der Waals surface area contributed by atoms with Crippen LogP contribution in [0.5, 0.6) is 0 Å². The molecule has 1 fully saturated rings. The Labute approximate surface area is 182 Å². The second kappa shape index (κ2) is 8.45. The summed E-state index contributed by atoms with van der Waals surface area (Å²) in [5.41, 5.74) is 0.428. The van der Waals surface area contributed by atoms with Crippen LogP contribution >= 0.6 is 11.6 Å². The number of hydrogen-bond donors (Lipinski definition) is 1. The number of aromatic nitrogens is 1. The molecule has 1 amide bonds. The van der Waals surface area contributed by atoms with Crippen LogP contribution in [0.4, 0.5) is 10.1 Å². The van der Waals surface area contributed by atoms with E-state index in [-0.39, 0.29) is 34.2 Å². The first kappa shape index (κ1) is 21.5. The molecule has 0 radical (unpaired) electrons. The lowest BCUT2D eigenvalue weighted by Crippen LogP contribution is -2.27. The number of aryl methyl sites for hydroxylation is 1. The normalized spacial score (nSPS) is 14.9. The van der Waals surface area contributed by atoms with Crippen LogP contribution in [-0.2, 0) is 21.4 Å². The fraction of sp³-hybridized carbons (Fsp3) is 0.300. The van der Waals surface area contributed by atoms with Gasteiger partial charge in [-0.15, -0.1) is 0 Å². The topological polar surface area (TPSA) is 102 Å². The van der Waals surface area contributed by atoms with Crippen molar-refractivity contribution in [1.82, 2.24) is 8.87 Å². The van der Waals surface area contributed by atoms with E-state index in [9.17, 15) is 22.4 Å². The molecular formula is C20H19ClFN3O5S. The first-order valence-electron chi connectivity index (χ1n) is 9.64. The number of anilines is 1. The molecule has 8 nitrogen and oxygen atoms in total. The maximum atomic E-state index is 13.8. The third-order valence-electron chi connectivity index (χ3n) is 5.11. The highest BCUT2D eigenvalue weighted by Gasteiger charge is 2.28. The summed E-state index contributed by atoms with van der Waals surface area (Å²) in [4.78, 5) is 24.5. The van der Waals surface area contributed by atoms with Crippen LogP contribution in [0.2, 0.25) is 5.02 Å². The number of sulfonamides is 1. The lowest BCUT2D eigenvalue weighted by atomic mass is 10.3. The summed E-state index contributed by atoms with van der Waals surface area (Å²) >= 11 is 5.81. The molecule has 164 valence electrons. The van der Waals surface area contributed by atoms with Crippen molar-refractivity contribution in [2.75, 3.05) is 18.4 Å². The number of hydrogen-bond acceptors (Lipinski definition) is 5. The van der Waals surface area contributed by atoms with Crippen molar-refractivity contribution in [3.05, 3.63) is 57.8 Å². The minimum absolute atomic E-state index is 0.0297. The molecule has 1 N–H and O–H groups in total. The molecular weight excluding hydrogens is 449 g/mol. The van der Waals surface area contributed by atoms with Crippen molar-refractivity contribution < 1.29 is 22.0 Å². The lowest BCUT2D eigenvalue weighted by Gasteiger charge is -2.15. The van der Waals surface area contributed by atoms with Gasteiger partial charge in [-0.3, -0.25) is 9.36 Å². The third kappa shape index (κ3) is 4.36. The predicted molar refractivity (Wildman–Crippen MR) is 113 cm³/mol. The van der Waals surface area contributed by atoms with Crippen molar-refractivity contribution in [1.29, 1.82) is 0 Å². The van der Waals surface area contributed by atoms with Gasteiger partial charge in [-0.1, -0.05) is 11.6 Å². The highest BCUT2D eigenvalue weighted by atomic mass is 35.5. The van der Waals surface area contributed by atoms with Gasteiger partial charge in [0.25, 0.3) is 0 Å². The fourth-order valence-corrected chi connectivity index (χ4v) is 5.22. The number of halogens is 2. The average molecular weight is 468 g/mol. The molecule has 11 heteroatoms. The smallest absolute Gasteiger partial charge is 0.408 e. The summed E-state index contributed by atoms with van der Waals surface area (Å²) in [6.45, 7) is 0.902. The summed E-state index contributed by atoms with van der Waals surface area (Å²) in [7, 11) is -3.65. The van der Waals surface area contributed by atoms with Crippen molar-refractivity contribution in [2.24, 2.45) is 0 Å². The van der Waals surface area contributed by atoms with E-state index >= 15 is 0 Å². The molecule has 1 aromatic heterocycles. The van der Waals surface area contributed by atoms with Gasteiger partial charge in [0.2, 0.25) is 15.9 Å². The second-order valence-electron chi connectivity index (χ2n) is 7.18. The van der Waals surface area contributed by atoms with Crippen molar-refractivity contribution in [2.45, 2.75) is 30.7 Å². The Morgan fingerprint density at radius 3 is 2.65 bits per heavy atom. The third-order valence-corrected chi connectivity index (χ3v) is 7.24. The Morgan fingerprint density at radius 1 is 1.16 bits per heavy atom. The summed E-state index contributed by atoms with van der Waals surface area (Å²) in [5, 5.41) is 2.68. The Hall–Kier alpha value is -2.69. The molecule has 2 heterocycles. The number of rotatable bonds is 6. The Balaban J connectivity index is 1.52. The number of carbonyl (C=O) groups is 1.